The van der Waals surface area contributed by atoms with Gasteiger partial charge in [-0.25, -0.2) is 4.79 Å². The van der Waals surface area contributed by atoms with E-state index in [2.05, 4.69) is 0 Å². The molecule has 0 atom stereocenters. The van der Waals surface area contributed by atoms with Crippen LogP contribution in [0.3, 0.4) is 0 Å². The molecule has 0 saturated carbocycles. The number of rotatable bonds is 3. The highest BCUT2D eigenvalue weighted by Gasteiger charge is 2.17. The molecule has 3 rings (SSSR count). The van der Waals surface area contributed by atoms with Crippen molar-refractivity contribution in [3.63, 3.8) is 0 Å². The van der Waals surface area contributed by atoms with Gasteiger partial charge in [0.1, 0.15) is 11.3 Å². The van der Waals surface area contributed by atoms with Crippen LogP contribution in [0.2, 0.25) is 0 Å². The first-order valence-electron chi connectivity index (χ1n) is 6.47. The molecule has 7 heteroatoms. The van der Waals surface area contributed by atoms with E-state index in [0.717, 1.165) is 6.07 Å². The quantitative estimate of drug-likeness (QED) is 0.417. The van der Waals surface area contributed by atoms with Gasteiger partial charge in [-0.3, -0.25) is 10.1 Å². The third-order valence-electron chi connectivity index (χ3n) is 3.11. The smallest absolute Gasteiger partial charge is 0.336 e. The summed E-state index contributed by atoms with van der Waals surface area (Å²) in [7, 11) is 0. The summed E-state index contributed by atoms with van der Waals surface area (Å²) >= 11 is 0. The average Bonchev–Trinajstić information content (AvgIpc) is 2.54. The van der Waals surface area contributed by atoms with E-state index in [-0.39, 0.29) is 22.7 Å². The van der Waals surface area contributed by atoms with Gasteiger partial charge in [-0.1, -0.05) is 0 Å². The molecule has 1 aromatic heterocycles. The van der Waals surface area contributed by atoms with Crippen LogP contribution in [0.15, 0.2) is 57.7 Å². The topological polar surface area (TPSA) is 106 Å². The fraction of sp³-hybridized carbons (Fsp3) is 0. The molecule has 0 bridgehead atoms. The van der Waals surface area contributed by atoms with Gasteiger partial charge in [-0.05, 0) is 30.3 Å². The maximum atomic E-state index is 11.2. The van der Waals surface area contributed by atoms with Crippen molar-refractivity contribution in [1.29, 1.82) is 5.26 Å². The molecule has 23 heavy (non-hydrogen) atoms. The predicted molar refractivity (Wildman–Crippen MR) is 80.4 cm³/mol. The zero-order chi connectivity index (χ0) is 16.4. The molecule has 7 nitrogen and oxygen atoms in total. The third kappa shape index (κ3) is 2.87. The molecule has 0 unspecified atom stereocenters. The van der Waals surface area contributed by atoms with Crippen molar-refractivity contribution in [2.75, 3.05) is 0 Å². The molecule has 0 amide bonds. The Labute approximate surface area is 129 Å². The Bertz CT molecular complexity index is 1020. The Morgan fingerprint density at radius 1 is 1.13 bits per heavy atom. The van der Waals surface area contributed by atoms with Crippen molar-refractivity contribution in [2.45, 2.75) is 0 Å². The summed E-state index contributed by atoms with van der Waals surface area (Å²) in [6, 6.07) is 13.4. The molecule has 0 aliphatic carbocycles. The Hall–Kier alpha value is -3.66. The lowest BCUT2D eigenvalue weighted by atomic mass is 10.2. The normalized spacial score (nSPS) is 10.2. The van der Waals surface area contributed by atoms with Crippen LogP contribution in [0.4, 0.5) is 5.69 Å². The summed E-state index contributed by atoms with van der Waals surface area (Å²) in [5.74, 6) is 0.270. The Balaban J connectivity index is 2.03. The summed E-state index contributed by atoms with van der Waals surface area (Å²) in [5, 5.41) is 20.6. The van der Waals surface area contributed by atoms with Crippen LogP contribution in [0.5, 0.6) is 11.5 Å². The number of nitriles is 1. The zero-order valence-electron chi connectivity index (χ0n) is 11.6. The molecule has 0 saturated heterocycles. The highest BCUT2D eigenvalue weighted by molar-refractivity contribution is 5.77. The van der Waals surface area contributed by atoms with Crippen LogP contribution in [-0.2, 0) is 0 Å². The van der Waals surface area contributed by atoms with Crippen LogP contribution >= 0.6 is 0 Å². The Morgan fingerprint density at radius 2 is 1.91 bits per heavy atom. The first kappa shape index (κ1) is 14.3. The molecule has 3 aromatic rings. The number of nitrogens with zero attached hydrogens (tertiary/aromatic N) is 2. The minimum atomic E-state index is -0.628. The summed E-state index contributed by atoms with van der Waals surface area (Å²) < 4.78 is 10.5. The van der Waals surface area contributed by atoms with Crippen molar-refractivity contribution in [1.82, 2.24) is 0 Å². The average molecular weight is 308 g/mol. The number of nitro benzene ring substituents is 1. The van der Waals surface area contributed by atoms with Crippen LogP contribution in [0.1, 0.15) is 5.56 Å². The lowest BCUT2D eigenvalue weighted by molar-refractivity contribution is -0.385. The van der Waals surface area contributed by atoms with Gasteiger partial charge in [0.15, 0.2) is 0 Å². The van der Waals surface area contributed by atoms with E-state index < -0.39 is 10.5 Å². The largest absolute Gasteiger partial charge is 0.450 e. The molecule has 0 aliphatic heterocycles. The highest BCUT2D eigenvalue weighted by atomic mass is 16.6. The fourth-order valence-corrected chi connectivity index (χ4v) is 2.05. The standard InChI is InChI=1S/C16H8N2O5/c17-9-10-1-5-14(13(7-10)18(20)21)22-12-4-2-11-3-6-16(19)23-15(11)8-12/h1-8H. The molecule has 0 fully saturated rings. The van der Waals surface area contributed by atoms with E-state index in [0.29, 0.717) is 11.0 Å². The van der Waals surface area contributed by atoms with E-state index in [1.54, 1.807) is 18.2 Å². The first-order chi connectivity index (χ1) is 11.1. The van der Waals surface area contributed by atoms with Gasteiger partial charge < -0.3 is 9.15 Å². The first-order valence-corrected chi connectivity index (χ1v) is 6.47. The van der Waals surface area contributed by atoms with Gasteiger partial charge in [0.2, 0.25) is 5.75 Å². The molecular weight excluding hydrogens is 300 g/mol. The number of benzene rings is 2. The van der Waals surface area contributed by atoms with E-state index in [9.17, 15) is 14.9 Å². The van der Waals surface area contributed by atoms with Crippen LogP contribution < -0.4 is 10.4 Å². The number of hydrogen-bond acceptors (Lipinski definition) is 6. The molecular formula is C16H8N2O5. The molecule has 1 heterocycles. The van der Waals surface area contributed by atoms with E-state index in [4.69, 9.17) is 14.4 Å². The molecule has 0 N–H and O–H groups in total. The Kier molecular flexibility index (Phi) is 3.49. The summed E-state index contributed by atoms with van der Waals surface area (Å²) in [6.07, 6.45) is 0. The van der Waals surface area contributed by atoms with Gasteiger partial charge in [0.25, 0.3) is 0 Å². The second kappa shape index (κ2) is 5.61. The molecule has 2 aromatic carbocycles. The number of hydrogen-bond donors (Lipinski definition) is 0. The van der Waals surface area contributed by atoms with E-state index >= 15 is 0 Å². The van der Waals surface area contributed by atoms with E-state index in [1.165, 1.54) is 24.3 Å². The molecule has 0 radical (unpaired) electrons. The second-order valence-electron chi connectivity index (χ2n) is 4.61. The van der Waals surface area contributed by atoms with Crippen molar-refractivity contribution < 1.29 is 14.1 Å². The van der Waals surface area contributed by atoms with Crippen molar-refractivity contribution in [2.24, 2.45) is 0 Å². The monoisotopic (exact) mass is 308 g/mol. The van der Waals surface area contributed by atoms with Crippen molar-refractivity contribution in [3.05, 3.63) is 74.6 Å². The highest BCUT2D eigenvalue weighted by Crippen LogP contribution is 2.33. The van der Waals surface area contributed by atoms with Gasteiger partial charge in [0, 0.05) is 23.6 Å². The summed E-state index contributed by atoms with van der Waals surface area (Å²) in [6.45, 7) is 0. The van der Waals surface area contributed by atoms with E-state index in [1.807, 2.05) is 6.07 Å². The maximum absolute atomic E-state index is 11.2. The van der Waals surface area contributed by atoms with Crippen LogP contribution in [-0.4, -0.2) is 4.92 Å². The molecule has 112 valence electrons. The van der Waals surface area contributed by atoms with Crippen molar-refractivity contribution in [3.8, 4) is 17.6 Å². The van der Waals surface area contributed by atoms with Gasteiger partial charge in [-0.2, -0.15) is 5.26 Å². The molecule has 0 aliphatic rings. The summed E-state index contributed by atoms with van der Waals surface area (Å²) in [5.41, 5.74) is -0.350. The predicted octanol–water partition coefficient (Wildman–Crippen LogP) is 3.37. The van der Waals surface area contributed by atoms with Gasteiger partial charge in [0.05, 0.1) is 16.6 Å². The minimum absolute atomic E-state index is 0.00775. The number of fused-ring (bicyclic) bond motifs is 1. The van der Waals surface area contributed by atoms with Crippen molar-refractivity contribution >= 4 is 16.7 Å². The lowest BCUT2D eigenvalue weighted by Crippen LogP contribution is -1.96. The maximum Gasteiger partial charge on any atom is 0.336 e. The minimum Gasteiger partial charge on any atom is -0.450 e. The van der Waals surface area contributed by atoms with Crippen LogP contribution in [0.25, 0.3) is 11.0 Å². The SMILES string of the molecule is N#Cc1ccc(Oc2ccc3ccc(=O)oc3c2)c([N+](=O)[O-])c1. The second-order valence-corrected chi connectivity index (χ2v) is 4.61. The fourth-order valence-electron chi connectivity index (χ4n) is 2.05. The molecule has 0 spiro atoms. The van der Waals surface area contributed by atoms with Gasteiger partial charge in [-0.15, -0.1) is 0 Å². The third-order valence-corrected chi connectivity index (χ3v) is 3.11. The summed E-state index contributed by atoms with van der Waals surface area (Å²) in [4.78, 5) is 21.7. The Morgan fingerprint density at radius 3 is 2.65 bits per heavy atom. The number of nitro groups is 1. The number of ether oxygens (including phenoxy) is 1. The van der Waals surface area contributed by atoms with Crippen LogP contribution in [0, 0.1) is 21.4 Å². The zero-order valence-corrected chi connectivity index (χ0v) is 11.6. The lowest BCUT2D eigenvalue weighted by Gasteiger charge is -2.07. The van der Waals surface area contributed by atoms with Gasteiger partial charge >= 0.3 is 11.3 Å².